The summed E-state index contributed by atoms with van der Waals surface area (Å²) in [6.07, 6.45) is 7.11. The number of carbonyl (C=O) groups is 1. The summed E-state index contributed by atoms with van der Waals surface area (Å²) in [5.41, 5.74) is 5.58. The molecule has 100 valence electrons. The van der Waals surface area contributed by atoms with Crippen LogP contribution in [0.4, 0.5) is 0 Å². The summed E-state index contributed by atoms with van der Waals surface area (Å²) in [4.78, 5) is 12.3. The van der Waals surface area contributed by atoms with Gasteiger partial charge >= 0.3 is 0 Å². The minimum absolute atomic E-state index is 0.0329. The predicted molar refractivity (Wildman–Crippen MR) is 74.4 cm³/mol. The van der Waals surface area contributed by atoms with Crippen molar-refractivity contribution < 1.29 is 9.90 Å². The lowest BCUT2D eigenvalue weighted by Gasteiger charge is -2.29. The second kappa shape index (κ2) is 3.94. The van der Waals surface area contributed by atoms with E-state index >= 15 is 0 Å². The third-order valence-corrected chi connectivity index (χ3v) is 4.09. The quantitative estimate of drug-likeness (QED) is 0.812. The number of carbonyl (C=O) groups excluding carboxylic acids is 1. The molecule has 0 aromatic heterocycles. The maximum Gasteiger partial charge on any atom is 0.252 e. The zero-order valence-corrected chi connectivity index (χ0v) is 11.6. The van der Waals surface area contributed by atoms with Crippen LogP contribution in [0.3, 0.4) is 0 Å². The summed E-state index contributed by atoms with van der Waals surface area (Å²) < 4.78 is 0. The second-order valence-corrected chi connectivity index (χ2v) is 6.44. The summed E-state index contributed by atoms with van der Waals surface area (Å²) in [5, 5.41) is 12.4. The van der Waals surface area contributed by atoms with Crippen LogP contribution in [0.25, 0.3) is 0 Å². The van der Waals surface area contributed by atoms with E-state index in [1.54, 1.807) is 0 Å². The van der Waals surface area contributed by atoms with Crippen molar-refractivity contribution >= 4 is 5.91 Å². The Hall–Kier alpha value is -1.61. The van der Waals surface area contributed by atoms with Crippen LogP contribution in [0.1, 0.15) is 27.2 Å². The summed E-state index contributed by atoms with van der Waals surface area (Å²) >= 11 is 0. The highest BCUT2D eigenvalue weighted by molar-refractivity contribution is 6.10. The molecule has 0 bridgehead atoms. The Bertz CT molecular complexity index is 582. The van der Waals surface area contributed by atoms with E-state index in [4.69, 9.17) is 0 Å². The maximum absolute atomic E-state index is 12.3. The molecule has 19 heavy (non-hydrogen) atoms. The Morgan fingerprint density at radius 2 is 2.21 bits per heavy atom. The van der Waals surface area contributed by atoms with Crippen LogP contribution < -0.4 is 5.32 Å². The fourth-order valence-corrected chi connectivity index (χ4v) is 2.76. The van der Waals surface area contributed by atoms with Gasteiger partial charge < -0.3 is 10.4 Å². The van der Waals surface area contributed by atoms with Gasteiger partial charge in [-0.3, -0.25) is 4.79 Å². The molecule has 3 rings (SSSR count). The van der Waals surface area contributed by atoms with Gasteiger partial charge in [0.15, 0.2) is 0 Å². The van der Waals surface area contributed by atoms with Gasteiger partial charge in [-0.1, -0.05) is 39.0 Å². The van der Waals surface area contributed by atoms with E-state index in [0.717, 1.165) is 17.6 Å². The first-order valence-corrected chi connectivity index (χ1v) is 6.71. The first-order valence-electron chi connectivity index (χ1n) is 6.71. The van der Waals surface area contributed by atoms with Gasteiger partial charge in [0.1, 0.15) is 0 Å². The number of allylic oxidation sites excluding steroid dienone is 6. The van der Waals surface area contributed by atoms with Gasteiger partial charge in [-0.05, 0) is 34.1 Å². The van der Waals surface area contributed by atoms with Gasteiger partial charge in [0, 0.05) is 0 Å². The minimum Gasteiger partial charge on any atom is -0.394 e. The molecular weight excluding hydrogens is 238 g/mol. The molecule has 3 aliphatic rings. The number of hydrogen-bond donors (Lipinski definition) is 2. The molecule has 0 aliphatic heterocycles. The average Bonchev–Trinajstić information content (AvgIpc) is 2.70. The van der Waals surface area contributed by atoms with Crippen molar-refractivity contribution in [3.8, 4) is 0 Å². The zero-order valence-electron chi connectivity index (χ0n) is 11.6. The third kappa shape index (κ3) is 1.89. The molecular formula is C16H19NO2. The molecule has 3 nitrogen and oxygen atoms in total. The fourth-order valence-electron chi connectivity index (χ4n) is 2.76. The van der Waals surface area contributed by atoms with Crippen LogP contribution in [0.15, 0.2) is 46.1 Å². The average molecular weight is 257 g/mol. The summed E-state index contributed by atoms with van der Waals surface area (Å²) in [5.74, 6) is -0.0363. The normalized spacial score (nSPS) is 21.4. The number of nitrogens with one attached hydrogen (secondary N) is 1. The standard InChI is InChI=1S/C16H19NO2/c1-16(2,3)12(8-18)17-15(19)14-11-7-9-5-4-6-10(9)13(11)14/h4-6,12,18H,7-8H2,1-3H3,(H,17,19)/t12-/m1/s1. The lowest BCUT2D eigenvalue weighted by Crippen LogP contribution is -2.46. The molecule has 1 amide bonds. The molecule has 0 saturated heterocycles. The molecule has 3 aliphatic carbocycles. The van der Waals surface area contributed by atoms with Crippen molar-refractivity contribution in [2.24, 2.45) is 5.41 Å². The third-order valence-electron chi connectivity index (χ3n) is 4.09. The number of aliphatic hydroxyl groups is 1. The highest BCUT2D eigenvalue weighted by Gasteiger charge is 2.44. The Kier molecular flexibility index (Phi) is 2.58. The number of hydrogen-bond acceptors (Lipinski definition) is 2. The van der Waals surface area contributed by atoms with E-state index in [2.05, 4.69) is 17.5 Å². The predicted octanol–water partition coefficient (Wildman–Crippen LogP) is 2.02. The van der Waals surface area contributed by atoms with E-state index in [1.165, 1.54) is 16.7 Å². The van der Waals surface area contributed by atoms with E-state index in [-0.39, 0.29) is 24.0 Å². The van der Waals surface area contributed by atoms with Crippen LogP contribution in [0, 0.1) is 5.41 Å². The molecule has 0 unspecified atom stereocenters. The van der Waals surface area contributed by atoms with Gasteiger partial charge in [-0.25, -0.2) is 0 Å². The molecule has 0 heterocycles. The van der Waals surface area contributed by atoms with Gasteiger partial charge in [0.2, 0.25) is 0 Å². The van der Waals surface area contributed by atoms with E-state index in [0.29, 0.717) is 0 Å². The second-order valence-electron chi connectivity index (χ2n) is 6.44. The summed E-state index contributed by atoms with van der Waals surface area (Å²) in [7, 11) is 0. The Morgan fingerprint density at radius 3 is 2.84 bits per heavy atom. The number of aliphatic hydroxyl groups excluding tert-OH is 1. The first kappa shape index (κ1) is 12.4. The van der Waals surface area contributed by atoms with E-state index in [9.17, 15) is 9.90 Å². The van der Waals surface area contributed by atoms with Crippen LogP contribution in [-0.2, 0) is 4.79 Å². The van der Waals surface area contributed by atoms with Crippen molar-refractivity contribution in [2.75, 3.05) is 6.61 Å². The van der Waals surface area contributed by atoms with Crippen molar-refractivity contribution in [1.29, 1.82) is 0 Å². The van der Waals surface area contributed by atoms with Crippen molar-refractivity contribution in [3.63, 3.8) is 0 Å². The van der Waals surface area contributed by atoms with Crippen LogP contribution in [-0.4, -0.2) is 23.7 Å². The van der Waals surface area contributed by atoms with Crippen molar-refractivity contribution in [2.45, 2.75) is 33.2 Å². The molecule has 0 spiro atoms. The zero-order chi connectivity index (χ0) is 13.8. The molecule has 0 radical (unpaired) electrons. The van der Waals surface area contributed by atoms with Crippen molar-refractivity contribution in [1.82, 2.24) is 5.32 Å². The van der Waals surface area contributed by atoms with Crippen molar-refractivity contribution in [3.05, 3.63) is 46.1 Å². The van der Waals surface area contributed by atoms with Crippen LogP contribution in [0.5, 0.6) is 0 Å². The first-order chi connectivity index (χ1) is 8.93. The molecule has 0 aromatic carbocycles. The SMILES string of the molecule is CC(C)(C)[C@@H](CO)NC(=O)C1=C2CC3=CC=CC3=C21. The monoisotopic (exact) mass is 257 g/mol. The minimum atomic E-state index is -0.214. The molecule has 3 heteroatoms. The van der Waals surface area contributed by atoms with E-state index in [1.807, 2.05) is 26.8 Å². The van der Waals surface area contributed by atoms with Gasteiger partial charge in [-0.2, -0.15) is 0 Å². The molecule has 0 fully saturated rings. The lowest BCUT2D eigenvalue weighted by molar-refractivity contribution is -0.118. The Balaban J connectivity index is 1.73. The van der Waals surface area contributed by atoms with Gasteiger partial charge in [0.05, 0.1) is 18.2 Å². The topological polar surface area (TPSA) is 49.3 Å². The van der Waals surface area contributed by atoms with Crippen LogP contribution in [0.2, 0.25) is 0 Å². The van der Waals surface area contributed by atoms with E-state index < -0.39 is 0 Å². The highest BCUT2D eigenvalue weighted by Crippen LogP contribution is 2.54. The Labute approximate surface area is 113 Å². The number of rotatable bonds is 3. The summed E-state index contributed by atoms with van der Waals surface area (Å²) in [6.45, 7) is 6.02. The number of fused-ring (bicyclic) bond motifs is 2. The largest absolute Gasteiger partial charge is 0.394 e. The smallest absolute Gasteiger partial charge is 0.252 e. The van der Waals surface area contributed by atoms with Crippen LogP contribution >= 0.6 is 0 Å². The molecule has 0 aromatic rings. The molecule has 1 atom stereocenters. The molecule has 0 saturated carbocycles. The highest BCUT2D eigenvalue weighted by atomic mass is 16.3. The number of amides is 1. The maximum atomic E-state index is 12.3. The summed E-state index contributed by atoms with van der Waals surface area (Å²) in [6, 6.07) is -0.214. The fraction of sp³-hybridized carbons (Fsp3) is 0.438. The van der Waals surface area contributed by atoms with Gasteiger partial charge in [0.25, 0.3) is 5.91 Å². The molecule has 2 N–H and O–H groups in total. The van der Waals surface area contributed by atoms with Gasteiger partial charge in [-0.15, -0.1) is 0 Å². The lowest BCUT2D eigenvalue weighted by atomic mass is 9.87. The Morgan fingerprint density at radius 1 is 1.47 bits per heavy atom.